The number of ether oxygens (including phenoxy) is 1. The third-order valence-corrected chi connectivity index (χ3v) is 4.27. The molecule has 1 aliphatic carbocycles. The third-order valence-electron chi connectivity index (χ3n) is 4.27. The van der Waals surface area contributed by atoms with E-state index in [4.69, 9.17) is 4.74 Å². The van der Waals surface area contributed by atoms with Gasteiger partial charge in [0.2, 0.25) is 0 Å². The molecule has 2 aromatic carbocycles. The van der Waals surface area contributed by atoms with Crippen LogP contribution >= 0.6 is 0 Å². The summed E-state index contributed by atoms with van der Waals surface area (Å²) in [5, 5.41) is 10.3. The summed E-state index contributed by atoms with van der Waals surface area (Å²) in [4.78, 5) is 0. The third kappa shape index (κ3) is 3.85. The molecule has 21 heavy (non-hydrogen) atoms. The molecule has 1 unspecified atom stereocenters. The Morgan fingerprint density at radius 3 is 2.57 bits per heavy atom. The van der Waals surface area contributed by atoms with Crippen molar-refractivity contribution in [2.45, 2.75) is 38.4 Å². The highest BCUT2D eigenvalue weighted by Gasteiger charge is 2.21. The summed E-state index contributed by atoms with van der Waals surface area (Å²) >= 11 is 0. The maximum atomic E-state index is 10.3. The lowest BCUT2D eigenvalue weighted by Crippen LogP contribution is -2.14. The van der Waals surface area contributed by atoms with Crippen LogP contribution < -0.4 is 4.74 Å². The van der Waals surface area contributed by atoms with E-state index in [0.29, 0.717) is 12.5 Å². The van der Waals surface area contributed by atoms with Gasteiger partial charge in [0, 0.05) is 0 Å². The van der Waals surface area contributed by atoms with Gasteiger partial charge >= 0.3 is 0 Å². The minimum Gasteiger partial charge on any atom is -0.489 e. The zero-order valence-electron chi connectivity index (χ0n) is 12.2. The van der Waals surface area contributed by atoms with Crippen LogP contribution in [-0.4, -0.2) is 5.11 Å². The number of aliphatic hydroxyl groups is 1. The van der Waals surface area contributed by atoms with Gasteiger partial charge in [0.15, 0.2) is 0 Å². The van der Waals surface area contributed by atoms with Crippen LogP contribution in [0.3, 0.4) is 0 Å². The van der Waals surface area contributed by atoms with Crippen molar-refractivity contribution >= 4 is 0 Å². The van der Waals surface area contributed by atoms with Crippen molar-refractivity contribution < 1.29 is 9.84 Å². The molecule has 1 fully saturated rings. The summed E-state index contributed by atoms with van der Waals surface area (Å²) in [7, 11) is 0. The number of rotatable bonds is 6. The largest absolute Gasteiger partial charge is 0.489 e. The number of hydrogen-bond acceptors (Lipinski definition) is 2. The van der Waals surface area contributed by atoms with Crippen LogP contribution in [0.1, 0.15) is 42.9 Å². The molecule has 0 aliphatic heterocycles. The summed E-state index contributed by atoms with van der Waals surface area (Å²) in [6, 6.07) is 18.0. The Labute approximate surface area is 126 Å². The lowest BCUT2D eigenvalue weighted by atomic mass is 9.80. The monoisotopic (exact) mass is 282 g/mol. The Morgan fingerprint density at radius 1 is 1.05 bits per heavy atom. The molecule has 0 radical (unpaired) electrons. The smallest absolute Gasteiger partial charge is 0.120 e. The summed E-state index contributed by atoms with van der Waals surface area (Å²) < 4.78 is 5.82. The Bertz CT molecular complexity index is 561. The Hall–Kier alpha value is -1.80. The SMILES string of the molecule is OC(CC1CCC1)c1cccc(OCc2ccccc2)c1. The first-order valence-corrected chi connectivity index (χ1v) is 7.76. The fourth-order valence-electron chi connectivity index (χ4n) is 2.73. The summed E-state index contributed by atoms with van der Waals surface area (Å²) in [6.07, 6.45) is 4.36. The van der Waals surface area contributed by atoms with Crippen molar-refractivity contribution in [1.82, 2.24) is 0 Å². The van der Waals surface area contributed by atoms with Gasteiger partial charge in [0.05, 0.1) is 6.10 Å². The molecule has 1 aliphatic rings. The van der Waals surface area contributed by atoms with Gasteiger partial charge in [0.25, 0.3) is 0 Å². The first-order chi connectivity index (χ1) is 10.3. The summed E-state index contributed by atoms with van der Waals surface area (Å²) in [5.74, 6) is 1.53. The Balaban J connectivity index is 1.59. The van der Waals surface area contributed by atoms with Crippen molar-refractivity contribution in [1.29, 1.82) is 0 Å². The minimum absolute atomic E-state index is 0.365. The van der Waals surface area contributed by atoms with Crippen LogP contribution in [0.25, 0.3) is 0 Å². The average Bonchev–Trinajstić information content (AvgIpc) is 2.50. The van der Waals surface area contributed by atoms with E-state index >= 15 is 0 Å². The van der Waals surface area contributed by atoms with Crippen LogP contribution in [0, 0.1) is 5.92 Å². The molecule has 0 bridgehead atoms. The van der Waals surface area contributed by atoms with Crippen molar-refractivity contribution in [3.8, 4) is 5.75 Å². The van der Waals surface area contributed by atoms with Crippen molar-refractivity contribution in [2.24, 2.45) is 5.92 Å². The van der Waals surface area contributed by atoms with Gasteiger partial charge in [-0.2, -0.15) is 0 Å². The Kier molecular flexibility index (Phi) is 4.56. The molecule has 0 heterocycles. The fraction of sp³-hybridized carbons (Fsp3) is 0.368. The fourth-order valence-corrected chi connectivity index (χ4v) is 2.73. The highest BCUT2D eigenvalue weighted by molar-refractivity contribution is 5.30. The predicted octanol–water partition coefficient (Wildman–Crippen LogP) is 4.49. The van der Waals surface area contributed by atoms with Crippen LogP contribution in [0.5, 0.6) is 5.75 Å². The standard InChI is InChI=1S/C19H22O2/c20-19(12-15-8-4-9-15)17-10-5-11-18(13-17)21-14-16-6-2-1-3-7-16/h1-3,5-7,10-11,13,15,19-20H,4,8-9,12,14H2. The number of aliphatic hydroxyl groups excluding tert-OH is 1. The maximum Gasteiger partial charge on any atom is 0.120 e. The first kappa shape index (κ1) is 14.2. The van der Waals surface area contributed by atoms with E-state index in [0.717, 1.165) is 23.3 Å². The van der Waals surface area contributed by atoms with Gasteiger partial charge < -0.3 is 9.84 Å². The van der Waals surface area contributed by atoms with Crippen LogP contribution in [0.2, 0.25) is 0 Å². The molecule has 2 nitrogen and oxygen atoms in total. The summed E-state index contributed by atoms with van der Waals surface area (Å²) in [6.45, 7) is 0.559. The van der Waals surface area contributed by atoms with E-state index in [9.17, 15) is 5.11 Å². The molecular weight excluding hydrogens is 260 g/mol. The normalized spacial score (nSPS) is 16.2. The Morgan fingerprint density at radius 2 is 1.86 bits per heavy atom. The van der Waals surface area contributed by atoms with Gasteiger partial charge in [0.1, 0.15) is 12.4 Å². The van der Waals surface area contributed by atoms with Crippen LogP contribution in [0.15, 0.2) is 54.6 Å². The number of hydrogen-bond donors (Lipinski definition) is 1. The highest BCUT2D eigenvalue weighted by Crippen LogP contribution is 2.35. The second-order valence-corrected chi connectivity index (χ2v) is 5.90. The second-order valence-electron chi connectivity index (χ2n) is 5.90. The molecule has 1 N–H and O–H groups in total. The van der Waals surface area contributed by atoms with E-state index in [-0.39, 0.29) is 6.10 Å². The van der Waals surface area contributed by atoms with Gasteiger partial charge in [-0.1, -0.05) is 61.7 Å². The van der Waals surface area contributed by atoms with E-state index in [1.165, 1.54) is 19.3 Å². The van der Waals surface area contributed by atoms with Gasteiger partial charge in [-0.15, -0.1) is 0 Å². The van der Waals surface area contributed by atoms with Crippen molar-refractivity contribution in [3.05, 3.63) is 65.7 Å². The molecule has 0 aromatic heterocycles. The van der Waals surface area contributed by atoms with Gasteiger partial charge in [-0.05, 0) is 35.6 Å². The van der Waals surface area contributed by atoms with E-state index in [1.54, 1.807) is 0 Å². The molecule has 0 amide bonds. The van der Waals surface area contributed by atoms with Gasteiger partial charge in [-0.25, -0.2) is 0 Å². The van der Waals surface area contributed by atoms with Crippen LogP contribution in [0.4, 0.5) is 0 Å². The minimum atomic E-state index is -0.365. The zero-order valence-corrected chi connectivity index (χ0v) is 12.2. The summed E-state index contributed by atoms with van der Waals surface area (Å²) in [5.41, 5.74) is 2.12. The molecular formula is C19H22O2. The van der Waals surface area contributed by atoms with Crippen molar-refractivity contribution in [3.63, 3.8) is 0 Å². The molecule has 1 saturated carbocycles. The molecule has 0 saturated heterocycles. The number of benzene rings is 2. The lowest BCUT2D eigenvalue weighted by molar-refractivity contribution is 0.118. The van der Waals surface area contributed by atoms with E-state index in [1.807, 2.05) is 42.5 Å². The van der Waals surface area contributed by atoms with E-state index in [2.05, 4.69) is 12.1 Å². The first-order valence-electron chi connectivity index (χ1n) is 7.76. The quantitative estimate of drug-likeness (QED) is 0.846. The maximum absolute atomic E-state index is 10.3. The molecule has 2 heteroatoms. The van der Waals surface area contributed by atoms with Crippen LogP contribution in [-0.2, 0) is 6.61 Å². The molecule has 3 rings (SSSR count). The van der Waals surface area contributed by atoms with Gasteiger partial charge in [-0.3, -0.25) is 0 Å². The molecule has 1 atom stereocenters. The lowest BCUT2D eigenvalue weighted by Gasteiger charge is -2.27. The second kappa shape index (κ2) is 6.77. The molecule has 0 spiro atoms. The molecule has 2 aromatic rings. The average molecular weight is 282 g/mol. The molecule has 110 valence electrons. The topological polar surface area (TPSA) is 29.5 Å². The van der Waals surface area contributed by atoms with Crippen molar-refractivity contribution in [2.75, 3.05) is 0 Å². The highest BCUT2D eigenvalue weighted by atomic mass is 16.5. The van der Waals surface area contributed by atoms with E-state index < -0.39 is 0 Å². The predicted molar refractivity (Wildman–Crippen MR) is 84.1 cm³/mol. The zero-order chi connectivity index (χ0) is 14.5.